The predicted molar refractivity (Wildman–Crippen MR) is 102 cm³/mol. The Bertz CT molecular complexity index is 928. The van der Waals surface area contributed by atoms with Crippen LogP contribution in [0.3, 0.4) is 0 Å². The number of rotatable bonds is 2. The van der Waals surface area contributed by atoms with Gasteiger partial charge in [0.15, 0.2) is 5.78 Å². The van der Waals surface area contributed by atoms with E-state index >= 15 is 0 Å². The SMILES string of the molecule is CC(=O)C=C(C)O.[CH2-]c1ccccc1-c1c2ccccc2cc[n+]1[CH2-].[Ir]. The van der Waals surface area contributed by atoms with Crippen LogP contribution >= 0.6 is 0 Å². The van der Waals surface area contributed by atoms with Crippen molar-refractivity contribution in [3.63, 3.8) is 0 Å². The molecule has 0 bridgehead atoms. The molecule has 0 fully saturated rings. The van der Waals surface area contributed by atoms with Gasteiger partial charge in [0.05, 0.1) is 17.6 Å². The Kier molecular flexibility index (Phi) is 8.11. The molecule has 4 heteroatoms. The molecular weight excluding hydrogens is 502 g/mol. The smallest absolute Gasteiger partial charge is 0.155 e. The van der Waals surface area contributed by atoms with Gasteiger partial charge in [-0.1, -0.05) is 30.3 Å². The summed E-state index contributed by atoms with van der Waals surface area (Å²) in [5.74, 6) is -0.0625. The van der Waals surface area contributed by atoms with Crippen molar-refractivity contribution in [1.82, 2.24) is 0 Å². The summed E-state index contributed by atoms with van der Waals surface area (Å²) in [6.07, 6.45) is 3.16. The number of aliphatic hydroxyl groups is 1. The van der Waals surface area contributed by atoms with Crippen LogP contribution in [-0.2, 0) is 24.9 Å². The van der Waals surface area contributed by atoms with E-state index in [4.69, 9.17) is 5.11 Å². The quantitative estimate of drug-likeness (QED) is 0.230. The molecule has 1 N–H and O–H groups in total. The summed E-state index contributed by atoms with van der Waals surface area (Å²) >= 11 is 0. The Morgan fingerprint density at radius 1 is 1.04 bits per heavy atom. The third kappa shape index (κ3) is 5.48. The number of carbonyl (C=O) groups excluding carboxylic acids is 1. The van der Waals surface area contributed by atoms with Crippen LogP contribution in [0.2, 0.25) is 0 Å². The molecule has 0 atom stereocenters. The molecule has 0 aliphatic carbocycles. The minimum Gasteiger partial charge on any atom is -0.512 e. The van der Waals surface area contributed by atoms with Crippen molar-refractivity contribution >= 4 is 16.6 Å². The second-order valence-electron chi connectivity index (χ2n) is 5.77. The Labute approximate surface area is 168 Å². The van der Waals surface area contributed by atoms with Crippen molar-refractivity contribution in [2.75, 3.05) is 0 Å². The van der Waals surface area contributed by atoms with Gasteiger partial charge >= 0.3 is 0 Å². The van der Waals surface area contributed by atoms with Crippen LogP contribution in [0, 0.1) is 14.0 Å². The molecule has 3 aromatic rings. The average molecular weight is 525 g/mol. The van der Waals surface area contributed by atoms with Crippen LogP contribution in [0.4, 0.5) is 0 Å². The molecule has 0 spiro atoms. The summed E-state index contributed by atoms with van der Waals surface area (Å²) in [6, 6.07) is 18.6. The molecule has 1 heterocycles. The van der Waals surface area contributed by atoms with Gasteiger partial charge in [0, 0.05) is 33.2 Å². The molecular formula is C22H22IrNO2-. The van der Waals surface area contributed by atoms with E-state index in [0.717, 1.165) is 16.8 Å². The van der Waals surface area contributed by atoms with Crippen molar-refractivity contribution in [2.24, 2.45) is 0 Å². The van der Waals surface area contributed by atoms with Crippen LogP contribution < -0.4 is 4.57 Å². The molecule has 3 rings (SSSR count). The number of hydrogen-bond acceptors (Lipinski definition) is 2. The summed E-state index contributed by atoms with van der Waals surface area (Å²) in [4.78, 5) is 10.0. The van der Waals surface area contributed by atoms with Crippen LogP contribution in [0.25, 0.3) is 22.0 Å². The Morgan fingerprint density at radius 2 is 1.65 bits per heavy atom. The first-order chi connectivity index (χ1) is 11.9. The number of allylic oxidation sites excluding steroid dienone is 2. The maximum atomic E-state index is 10.0. The largest absolute Gasteiger partial charge is 0.512 e. The molecule has 2 aromatic carbocycles. The zero-order chi connectivity index (χ0) is 18.4. The summed E-state index contributed by atoms with van der Waals surface area (Å²) in [6.45, 7) is 6.95. The van der Waals surface area contributed by atoms with Crippen molar-refractivity contribution in [3.05, 3.63) is 92.2 Å². The minimum atomic E-state index is -0.125. The Morgan fingerprint density at radius 3 is 2.23 bits per heavy atom. The van der Waals surface area contributed by atoms with Crippen LogP contribution in [0.15, 0.2) is 72.6 Å². The molecule has 0 amide bonds. The molecule has 26 heavy (non-hydrogen) atoms. The van der Waals surface area contributed by atoms with Gasteiger partial charge in [0.2, 0.25) is 0 Å². The monoisotopic (exact) mass is 525 g/mol. The van der Waals surface area contributed by atoms with Crippen molar-refractivity contribution in [1.29, 1.82) is 0 Å². The predicted octanol–water partition coefficient (Wildman–Crippen LogP) is 4.65. The number of aliphatic hydroxyl groups excluding tert-OH is 1. The van der Waals surface area contributed by atoms with Crippen molar-refractivity contribution in [3.8, 4) is 11.3 Å². The standard InChI is InChI=1S/C17H14N.C5H8O2.Ir/c1-13-7-3-5-9-15(13)17-16-10-6-4-8-14(16)11-12-18(17)2;1-4(6)3-5(2)7;/h3-12H,1-2H2;3,6H,1-2H3;/q-1;;. The molecule has 3 nitrogen and oxygen atoms in total. The molecule has 0 unspecified atom stereocenters. The number of ketones is 1. The van der Waals surface area contributed by atoms with Gasteiger partial charge in [-0.05, 0) is 30.7 Å². The molecule has 0 aliphatic rings. The maximum Gasteiger partial charge on any atom is 0.155 e. The van der Waals surface area contributed by atoms with Crippen molar-refractivity contribution in [2.45, 2.75) is 13.8 Å². The van der Waals surface area contributed by atoms with E-state index in [2.05, 4.69) is 50.4 Å². The average Bonchev–Trinajstić information content (AvgIpc) is 2.55. The fourth-order valence-electron chi connectivity index (χ4n) is 2.60. The van der Waals surface area contributed by atoms with E-state index in [1.165, 1.54) is 30.7 Å². The number of pyridine rings is 1. The van der Waals surface area contributed by atoms with E-state index in [-0.39, 0.29) is 31.6 Å². The number of fused-ring (bicyclic) bond motifs is 1. The first-order valence-corrected chi connectivity index (χ1v) is 7.93. The summed E-state index contributed by atoms with van der Waals surface area (Å²) in [5, 5.41) is 10.8. The Hall–Kier alpha value is -2.55. The van der Waals surface area contributed by atoms with Gasteiger partial charge in [-0.3, -0.25) is 4.79 Å². The number of nitrogens with zero attached hydrogens (tertiary/aromatic N) is 1. The van der Waals surface area contributed by atoms with Gasteiger partial charge in [0.1, 0.15) is 0 Å². The maximum absolute atomic E-state index is 10.0. The molecule has 1 radical (unpaired) electrons. The summed E-state index contributed by atoms with van der Waals surface area (Å²) in [5.41, 5.74) is 3.26. The number of aromatic nitrogens is 1. The Balaban J connectivity index is 0.000000366. The van der Waals surface area contributed by atoms with E-state index in [1.54, 1.807) is 0 Å². The van der Waals surface area contributed by atoms with Crippen molar-refractivity contribution < 1.29 is 34.6 Å². The normalized spacial score (nSPS) is 10.5. The van der Waals surface area contributed by atoms with E-state index < -0.39 is 0 Å². The number of benzene rings is 2. The van der Waals surface area contributed by atoms with Gasteiger partial charge < -0.3 is 9.67 Å². The van der Waals surface area contributed by atoms with Gasteiger partial charge in [-0.2, -0.15) is 18.6 Å². The van der Waals surface area contributed by atoms with Crippen LogP contribution in [-0.4, -0.2) is 10.9 Å². The van der Waals surface area contributed by atoms with E-state index in [0.29, 0.717) is 0 Å². The summed E-state index contributed by atoms with van der Waals surface area (Å²) < 4.78 is 1.91. The second-order valence-corrected chi connectivity index (χ2v) is 5.77. The second kappa shape index (κ2) is 9.81. The van der Waals surface area contributed by atoms with Gasteiger partial charge in [0.25, 0.3) is 0 Å². The zero-order valence-electron chi connectivity index (χ0n) is 14.9. The number of carbonyl (C=O) groups is 1. The van der Waals surface area contributed by atoms with Crippen LogP contribution in [0.5, 0.6) is 0 Å². The summed E-state index contributed by atoms with van der Waals surface area (Å²) in [7, 11) is 4.08. The van der Waals surface area contributed by atoms with E-state index in [9.17, 15) is 4.79 Å². The first kappa shape index (κ1) is 21.5. The third-order valence-electron chi connectivity index (χ3n) is 3.62. The molecule has 0 aliphatic heterocycles. The molecule has 137 valence electrons. The molecule has 1 aromatic heterocycles. The first-order valence-electron chi connectivity index (χ1n) is 7.93. The molecule has 0 saturated heterocycles. The van der Waals surface area contributed by atoms with E-state index in [1.807, 2.05) is 29.0 Å². The molecule has 0 saturated carbocycles. The van der Waals surface area contributed by atoms with Crippen LogP contribution in [0.1, 0.15) is 19.4 Å². The topological polar surface area (TPSA) is 41.2 Å². The third-order valence-corrected chi connectivity index (χ3v) is 3.62. The minimum absolute atomic E-state index is 0. The van der Waals surface area contributed by atoms with Gasteiger partial charge in [-0.25, -0.2) is 0 Å². The zero-order valence-corrected chi connectivity index (χ0v) is 17.3. The fourth-order valence-corrected chi connectivity index (χ4v) is 2.60. The van der Waals surface area contributed by atoms with Gasteiger partial charge in [-0.15, -0.1) is 17.7 Å². The fraction of sp³-hybridized carbons (Fsp3) is 0.0909. The number of hydrogen-bond donors (Lipinski definition) is 1.